The second kappa shape index (κ2) is 7.90. The van der Waals surface area contributed by atoms with Crippen molar-refractivity contribution in [3.05, 3.63) is 23.8 Å². The Hall–Kier alpha value is -2.03. The molecular weight excluding hydrogens is 346 g/mol. The molecule has 1 amide bonds. The highest BCUT2D eigenvalue weighted by Crippen LogP contribution is 2.21. The second-order valence-corrected chi connectivity index (χ2v) is 8.46. The third-order valence-corrected chi connectivity index (χ3v) is 6.02. The van der Waals surface area contributed by atoms with Gasteiger partial charge >= 0.3 is 5.97 Å². The first kappa shape index (κ1) is 19.3. The summed E-state index contributed by atoms with van der Waals surface area (Å²) in [5, 5.41) is 0. The topological polar surface area (TPSA) is 107 Å². The normalized spacial score (nSPS) is 20.0. The Balaban J connectivity index is 2.02. The third-order valence-electron chi connectivity index (χ3n) is 4.27. The SMILES string of the molecule is CC[C@@H](C)N(C(=O)COC(=O)c1cnc(C)cn1)[C@@H]1CCS(=O)(=O)C1. The maximum absolute atomic E-state index is 12.5. The van der Waals surface area contributed by atoms with Gasteiger partial charge in [-0.25, -0.2) is 18.2 Å². The summed E-state index contributed by atoms with van der Waals surface area (Å²) in [6.45, 7) is 5.07. The first-order chi connectivity index (χ1) is 11.7. The van der Waals surface area contributed by atoms with Crippen LogP contribution in [-0.4, -0.2) is 65.4 Å². The van der Waals surface area contributed by atoms with Gasteiger partial charge in [0.15, 0.2) is 22.1 Å². The highest BCUT2D eigenvalue weighted by molar-refractivity contribution is 7.91. The van der Waals surface area contributed by atoms with Gasteiger partial charge in [-0.3, -0.25) is 9.78 Å². The number of aryl methyl sites for hydroxylation is 1. The lowest BCUT2D eigenvalue weighted by atomic mass is 10.1. The smallest absolute Gasteiger partial charge is 0.359 e. The molecule has 25 heavy (non-hydrogen) atoms. The van der Waals surface area contributed by atoms with Crippen molar-refractivity contribution < 1.29 is 22.7 Å². The van der Waals surface area contributed by atoms with E-state index in [9.17, 15) is 18.0 Å². The van der Waals surface area contributed by atoms with Crippen LogP contribution >= 0.6 is 0 Å². The lowest BCUT2D eigenvalue weighted by Crippen LogP contribution is -2.48. The fourth-order valence-corrected chi connectivity index (χ4v) is 4.49. The molecule has 0 unspecified atom stereocenters. The van der Waals surface area contributed by atoms with Crippen LogP contribution in [0.5, 0.6) is 0 Å². The van der Waals surface area contributed by atoms with Gasteiger partial charge in [0.05, 0.1) is 23.4 Å². The molecule has 1 fully saturated rings. The van der Waals surface area contributed by atoms with Crippen molar-refractivity contribution in [1.29, 1.82) is 0 Å². The molecule has 2 heterocycles. The number of rotatable bonds is 6. The number of carbonyl (C=O) groups is 2. The first-order valence-corrected chi connectivity index (χ1v) is 10.0. The number of sulfone groups is 1. The average molecular weight is 369 g/mol. The molecule has 0 radical (unpaired) electrons. The van der Waals surface area contributed by atoms with Gasteiger partial charge in [0.25, 0.3) is 5.91 Å². The summed E-state index contributed by atoms with van der Waals surface area (Å²) in [7, 11) is -3.11. The molecule has 0 aliphatic carbocycles. The van der Waals surface area contributed by atoms with Gasteiger partial charge in [-0.15, -0.1) is 0 Å². The van der Waals surface area contributed by atoms with Crippen molar-refractivity contribution in [1.82, 2.24) is 14.9 Å². The van der Waals surface area contributed by atoms with E-state index in [1.54, 1.807) is 11.8 Å². The number of aromatic nitrogens is 2. The summed E-state index contributed by atoms with van der Waals surface area (Å²) >= 11 is 0. The van der Waals surface area contributed by atoms with Crippen molar-refractivity contribution in [2.45, 2.75) is 45.7 Å². The Kier molecular flexibility index (Phi) is 6.10. The molecule has 1 aliphatic rings. The molecule has 0 N–H and O–H groups in total. The molecule has 0 aromatic carbocycles. The Morgan fingerprint density at radius 3 is 2.60 bits per heavy atom. The molecule has 1 aromatic rings. The molecule has 0 saturated carbocycles. The number of hydrogen-bond acceptors (Lipinski definition) is 7. The van der Waals surface area contributed by atoms with Crippen LogP contribution in [0, 0.1) is 6.92 Å². The van der Waals surface area contributed by atoms with Crippen LogP contribution in [0.3, 0.4) is 0 Å². The maximum Gasteiger partial charge on any atom is 0.359 e. The maximum atomic E-state index is 12.5. The molecule has 1 aliphatic heterocycles. The zero-order valence-corrected chi connectivity index (χ0v) is 15.5. The van der Waals surface area contributed by atoms with E-state index in [-0.39, 0.29) is 29.3 Å². The number of hydrogen-bond donors (Lipinski definition) is 0. The zero-order chi connectivity index (χ0) is 18.6. The molecule has 2 rings (SSSR count). The van der Waals surface area contributed by atoms with Crippen LogP contribution in [0.4, 0.5) is 0 Å². The summed E-state index contributed by atoms with van der Waals surface area (Å²) in [6.07, 6.45) is 3.82. The van der Waals surface area contributed by atoms with Crippen LogP contribution in [0.2, 0.25) is 0 Å². The van der Waals surface area contributed by atoms with E-state index in [0.29, 0.717) is 18.5 Å². The number of ether oxygens (including phenoxy) is 1. The van der Waals surface area contributed by atoms with Crippen molar-refractivity contribution in [3.8, 4) is 0 Å². The van der Waals surface area contributed by atoms with Crippen LogP contribution in [0.25, 0.3) is 0 Å². The highest BCUT2D eigenvalue weighted by atomic mass is 32.2. The summed E-state index contributed by atoms with van der Waals surface area (Å²) < 4.78 is 28.5. The van der Waals surface area contributed by atoms with Crippen LogP contribution in [0.1, 0.15) is 42.9 Å². The van der Waals surface area contributed by atoms with E-state index in [0.717, 1.165) is 0 Å². The predicted octanol–water partition coefficient (Wildman–Crippen LogP) is 0.756. The van der Waals surface area contributed by atoms with E-state index in [2.05, 4.69) is 9.97 Å². The lowest BCUT2D eigenvalue weighted by molar-refractivity contribution is -0.138. The zero-order valence-electron chi connectivity index (χ0n) is 14.6. The summed E-state index contributed by atoms with van der Waals surface area (Å²) in [6, 6.07) is -0.506. The second-order valence-electron chi connectivity index (χ2n) is 6.23. The Morgan fingerprint density at radius 2 is 2.08 bits per heavy atom. The number of carbonyl (C=O) groups excluding carboxylic acids is 2. The van der Waals surface area contributed by atoms with E-state index < -0.39 is 28.3 Å². The number of amides is 1. The van der Waals surface area contributed by atoms with Crippen molar-refractivity contribution in [2.24, 2.45) is 0 Å². The molecule has 2 atom stereocenters. The summed E-state index contributed by atoms with van der Waals surface area (Å²) in [4.78, 5) is 33.9. The molecule has 9 heteroatoms. The van der Waals surface area contributed by atoms with E-state index in [4.69, 9.17) is 4.74 Å². The van der Waals surface area contributed by atoms with Crippen LogP contribution in [0.15, 0.2) is 12.4 Å². The molecule has 1 aromatic heterocycles. The van der Waals surface area contributed by atoms with Gasteiger partial charge in [0.1, 0.15) is 0 Å². The van der Waals surface area contributed by atoms with Crippen LogP contribution < -0.4 is 0 Å². The fourth-order valence-electron chi connectivity index (χ4n) is 2.77. The van der Waals surface area contributed by atoms with Crippen LogP contribution in [-0.2, 0) is 19.4 Å². The molecule has 0 bridgehead atoms. The minimum Gasteiger partial charge on any atom is -0.451 e. The van der Waals surface area contributed by atoms with E-state index >= 15 is 0 Å². The number of esters is 1. The lowest BCUT2D eigenvalue weighted by Gasteiger charge is -2.33. The molecule has 8 nitrogen and oxygen atoms in total. The van der Waals surface area contributed by atoms with Crippen molar-refractivity contribution >= 4 is 21.7 Å². The minimum absolute atomic E-state index is 0.0249. The van der Waals surface area contributed by atoms with Gasteiger partial charge < -0.3 is 9.64 Å². The molecule has 1 saturated heterocycles. The largest absolute Gasteiger partial charge is 0.451 e. The first-order valence-electron chi connectivity index (χ1n) is 8.21. The van der Waals surface area contributed by atoms with Gasteiger partial charge in [-0.2, -0.15) is 0 Å². The minimum atomic E-state index is -3.11. The highest BCUT2D eigenvalue weighted by Gasteiger charge is 2.36. The van der Waals surface area contributed by atoms with E-state index in [1.165, 1.54) is 12.4 Å². The monoisotopic (exact) mass is 369 g/mol. The van der Waals surface area contributed by atoms with Crippen molar-refractivity contribution in [3.63, 3.8) is 0 Å². The van der Waals surface area contributed by atoms with Crippen molar-refractivity contribution in [2.75, 3.05) is 18.1 Å². The molecule has 138 valence electrons. The fraction of sp³-hybridized carbons (Fsp3) is 0.625. The summed E-state index contributed by atoms with van der Waals surface area (Å²) in [5.74, 6) is -1.09. The average Bonchev–Trinajstić information content (AvgIpc) is 2.92. The van der Waals surface area contributed by atoms with E-state index in [1.807, 2.05) is 13.8 Å². The van der Waals surface area contributed by atoms with Gasteiger partial charge in [0.2, 0.25) is 0 Å². The number of nitrogens with zero attached hydrogens (tertiary/aromatic N) is 3. The molecular formula is C16H23N3O5S. The van der Waals surface area contributed by atoms with Gasteiger partial charge in [-0.05, 0) is 26.7 Å². The Labute approximate surface area is 147 Å². The summed E-state index contributed by atoms with van der Waals surface area (Å²) in [5.41, 5.74) is 0.690. The Bertz CT molecular complexity index is 733. The van der Waals surface area contributed by atoms with Gasteiger partial charge in [0, 0.05) is 18.3 Å². The molecule has 0 spiro atoms. The standard InChI is InChI=1S/C16H23N3O5S/c1-4-12(3)19(13-5-6-25(22,23)10-13)15(20)9-24-16(21)14-8-17-11(2)7-18-14/h7-8,12-13H,4-6,9-10H2,1-3H3/t12-,13-/m1/s1. The van der Waals surface area contributed by atoms with Gasteiger partial charge in [-0.1, -0.05) is 6.92 Å². The quantitative estimate of drug-likeness (QED) is 0.681. The Morgan fingerprint density at radius 1 is 1.36 bits per heavy atom. The predicted molar refractivity (Wildman–Crippen MR) is 90.7 cm³/mol. The third kappa shape index (κ3) is 4.97.